The highest BCUT2D eigenvalue weighted by Crippen LogP contribution is 2.26. The van der Waals surface area contributed by atoms with Gasteiger partial charge in [0.2, 0.25) is 15.9 Å². The van der Waals surface area contributed by atoms with Crippen LogP contribution in [0.15, 0.2) is 42.6 Å². The van der Waals surface area contributed by atoms with Crippen molar-refractivity contribution in [3.8, 4) is 5.69 Å². The van der Waals surface area contributed by atoms with Gasteiger partial charge in [-0.05, 0) is 12.1 Å². The third-order valence-electron chi connectivity index (χ3n) is 3.45. The van der Waals surface area contributed by atoms with Gasteiger partial charge in [-0.1, -0.05) is 18.2 Å². The van der Waals surface area contributed by atoms with E-state index in [9.17, 15) is 13.2 Å². The Morgan fingerprint density at radius 2 is 1.90 bits per heavy atom. The van der Waals surface area contributed by atoms with Gasteiger partial charge in [-0.3, -0.25) is 9.69 Å². The molecule has 7 nitrogen and oxygen atoms in total. The molecule has 1 unspecified atom stereocenters. The van der Waals surface area contributed by atoms with Crippen molar-refractivity contribution in [1.29, 1.82) is 0 Å². The number of nitrogens with two attached hydrogens (primary N) is 1. The number of anilines is 1. The van der Waals surface area contributed by atoms with Crippen LogP contribution in [0.25, 0.3) is 5.69 Å². The monoisotopic (exact) mass is 306 g/mol. The van der Waals surface area contributed by atoms with E-state index >= 15 is 0 Å². The summed E-state index contributed by atoms with van der Waals surface area (Å²) in [4.78, 5) is 13.5. The van der Waals surface area contributed by atoms with Crippen molar-refractivity contribution < 1.29 is 13.2 Å². The van der Waals surface area contributed by atoms with Crippen LogP contribution >= 0.6 is 0 Å². The smallest absolute Gasteiger partial charge is 0.229 e. The second-order valence-corrected chi connectivity index (χ2v) is 6.70. The Labute approximate surface area is 122 Å². The molecule has 1 aliphatic heterocycles. The molecular formula is C13H14N4O3S. The number of hydrogen-bond donors (Lipinski definition) is 1. The number of carbonyl (C=O) groups excluding carboxylic acids is 1. The van der Waals surface area contributed by atoms with Crippen molar-refractivity contribution in [2.45, 2.75) is 11.7 Å². The van der Waals surface area contributed by atoms with E-state index in [0.29, 0.717) is 5.82 Å². The third kappa shape index (κ3) is 2.55. The normalized spacial score (nSPS) is 19.2. The van der Waals surface area contributed by atoms with Crippen LogP contribution in [0.3, 0.4) is 0 Å². The van der Waals surface area contributed by atoms with Gasteiger partial charge in [0.15, 0.2) is 0 Å². The maximum Gasteiger partial charge on any atom is 0.229 e. The van der Waals surface area contributed by atoms with Crippen molar-refractivity contribution in [3.63, 3.8) is 0 Å². The van der Waals surface area contributed by atoms with Gasteiger partial charge in [-0.15, -0.1) is 0 Å². The van der Waals surface area contributed by atoms with Crippen molar-refractivity contribution in [1.82, 2.24) is 9.78 Å². The predicted molar refractivity (Wildman–Crippen MR) is 77.4 cm³/mol. The van der Waals surface area contributed by atoms with Crippen molar-refractivity contribution in [2.24, 2.45) is 5.14 Å². The maximum absolute atomic E-state index is 12.1. The van der Waals surface area contributed by atoms with Crippen LogP contribution in [0.1, 0.15) is 6.42 Å². The van der Waals surface area contributed by atoms with E-state index in [2.05, 4.69) is 5.10 Å². The molecule has 1 aromatic heterocycles. The van der Waals surface area contributed by atoms with Crippen LogP contribution in [0, 0.1) is 0 Å². The molecule has 2 aromatic rings. The first-order chi connectivity index (χ1) is 9.97. The molecule has 110 valence electrons. The first kappa shape index (κ1) is 13.8. The Morgan fingerprint density at radius 3 is 2.52 bits per heavy atom. The van der Waals surface area contributed by atoms with E-state index in [1.54, 1.807) is 16.9 Å². The minimum atomic E-state index is -3.73. The Hall–Kier alpha value is -2.19. The number of hydrogen-bond acceptors (Lipinski definition) is 4. The zero-order chi connectivity index (χ0) is 15.0. The molecule has 0 saturated carbocycles. The molecule has 0 radical (unpaired) electrons. The Bertz CT molecular complexity index is 770. The molecule has 0 bridgehead atoms. The summed E-state index contributed by atoms with van der Waals surface area (Å²) in [6, 6.07) is 11.0. The number of sulfonamides is 1. The SMILES string of the molecule is NS(=O)(=O)C1CC(=O)N(c2ccnn2-c2ccccc2)C1. The van der Waals surface area contributed by atoms with Crippen molar-refractivity contribution in [2.75, 3.05) is 11.4 Å². The standard InChI is InChI=1S/C13H14N4O3S/c14-21(19,20)11-8-13(18)16(9-11)12-6-7-15-17(12)10-4-2-1-3-5-10/h1-7,11H,8-9H2,(H2,14,19,20). The lowest BCUT2D eigenvalue weighted by atomic mass is 10.3. The number of amides is 1. The summed E-state index contributed by atoms with van der Waals surface area (Å²) >= 11 is 0. The van der Waals surface area contributed by atoms with E-state index in [1.165, 1.54) is 4.90 Å². The molecule has 8 heteroatoms. The molecule has 0 aliphatic carbocycles. The molecular weight excluding hydrogens is 292 g/mol. The van der Waals surface area contributed by atoms with Gasteiger partial charge in [0.1, 0.15) is 11.1 Å². The lowest BCUT2D eigenvalue weighted by molar-refractivity contribution is -0.117. The summed E-state index contributed by atoms with van der Waals surface area (Å²) in [5.41, 5.74) is 0.796. The second kappa shape index (κ2) is 4.97. The highest BCUT2D eigenvalue weighted by atomic mass is 32.2. The van der Waals surface area contributed by atoms with Gasteiger partial charge in [0.25, 0.3) is 0 Å². The predicted octanol–water partition coefficient (Wildman–Crippen LogP) is 0.266. The van der Waals surface area contributed by atoms with Gasteiger partial charge in [-0.2, -0.15) is 5.10 Å². The summed E-state index contributed by atoms with van der Waals surface area (Å²) in [5, 5.41) is 8.46. The Kier molecular flexibility index (Phi) is 3.26. The number of primary sulfonamides is 1. The summed E-state index contributed by atoms with van der Waals surface area (Å²) in [7, 11) is -3.73. The molecule has 1 aliphatic rings. The molecule has 1 saturated heterocycles. The number of aromatic nitrogens is 2. The van der Waals surface area contributed by atoms with E-state index in [-0.39, 0.29) is 18.9 Å². The molecule has 1 aromatic carbocycles. The Balaban J connectivity index is 1.96. The van der Waals surface area contributed by atoms with E-state index in [1.807, 2.05) is 30.3 Å². The van der Waals surface area contributed by atoms with Gasteiger partial charge >= 0.3 is 0 Å². The average molecular weight is 306 g/mol. The first-order valence-electron chi connectivity index (χ1n) is 6.38. The fourth-order valence-electron chi connectivity index (χ4n) is 2.39. The lowest BCUT2D eigenvalue weighted by Gasteiger charge is -2.17. The largest absolute Gasteiger partial charge is 0.295 e. The highest BCUT2D eigenvalue weighted by molar-refractivity contribution is 7.89. The first-order valence-corrected chi connectivity index (χ1v) is 7.99. The van der Waals surface area contributed by atoms with Gasteiger partial charge in [-0.25, -0.2) is 18.2 Å². The molecule has 0 spiro atoms. The highest BCUT2D eigenvalue weighted by Gasteiger charge is 2.38. The molecule has 1 atom stereocenters. The van der Waals surface area contributed by atoms with Crippen LogP contribution in [-0.4, -0.2) is 35.9 Å². The fraction of sp³-hybridized carbons (Fsp3) is 0.231. The zero-order valence-electron chi connectivity index (χ0n) is 11.1. The van der Waals surface area contributed by atoms with E-state index in [0.717, 1.165) is 5.69 Å². The topological polar surface area (TPSA) is 98.3 Å². The number of carbonyl (C=O) groups is 1. The molecule has 2 heterocycles. The second-order valence-electron chi connectivity index (χ2n) is 4.86. The minimum absolute atomic E-state index is 0.0518. The molecule has 1 fully saturated rings. The zero-order valence-corrected chi connectivity index (χ0v) is 11.9. The van der Waals surface area contributed by atoms with Crippen LogP contribution in [-0.2, 0) is 14.8 Å². The van der Waals surface area contributed by atoms with Gasteiger partial charge < -0.3 is 0 Å². The average Bonchev–Trinajstić information content (AvgIpc) is 3.05. The maximum atomic E-state index is 12.1. The number of rotatable bonds is 3. The number of benzene rings is 1. The van der Waals surface area contributed by atoms with Crippen LogP contribution in [0.2, 0.25) is 0 Å². The summed E-state index contributed by atoms with van der Waals surface area (Å²) in [6.07, 6.45) is 1.47. The molecule has 3 rings (SSSR count). The molecule has 21 heavy (non-hydrogen) atoms. The van der Waals surface area contributed by atoms with Crippen LogP contribution in [0.5, 0.6) is 0 Å². The fourth-order valence-corrected chi connectivity index (χ4v) is 3.12. The van der Waals surface area contributed by atoms with E-state index in [4.69, 9.17) is 5.14 Å². The van der Waals surface area contributed by atoms with Gasteiger partial charge in [0, 0.05) is 19.0 Å². The quantitative estimate of drug-likeness (QED) is 0.879. The van der Waals surface area contributed by atoms with Crippen LogP contribution < -0.4 is 10.0 Å². The van der Waals surface area contributed by atoms with Crippen LogP contribution in [0.4, 0.5) is 5.82 Å². The van der Waals surface area contributed by atoms with Gasteiger partial charge in [0.05, 0.1) is 11.9 Å². The van der Waals surface area contributed by atoms with E-state index < -0.39 is 15.3 Å². The lowest BCUT2D eigenvalue weighted by Crippen LogP contribution is -2.32. The number of para-hydroxylation sites is 1. The minimum Gasteiger partial charge on any atom is -0.295 e. The summed E-state index contributed by atoms with van der Waals surface area (Å²) < 4.78 is 24.5. The summed E-state index contributed by atoms with van der Waals surface area (Å²) in [6.45, 7) is 0.0518. The Morgan fingerprint density at radius 1 is 1.19 bits per heavy atom. The van der Waals surface area contributed by atoms with Crippen molar-refractivity contribution >= 4 is 21.7 Å². The molecule has 1 amide bonds. The third-order valence-corrected chi connectivity index (χ3v) is 4.70. The number of nitrogens with zero attached hydrogens (tertiary/aromatic N) is 3. The summed E-state index contributed by atoms with van der Waals surface area (Å²) in [5.74, 6) is 0.268. The van der Waals surface area contributed by atoms with Crippen molar-refractivity contribution in [3.05, 3.63) is 42.6 Å². The molecule has 2 N–H and O–H groups in total.